The summed E-state index contributed by atoms with van der Waals surface area (Å²) in [5, 5.41) is 0. The second-order valence-corrected chi connectivity index (χ2v) is 5.43. The van der Waals surface area contributed by atoms with E-state index in [1.165, 1.54) is 43.4 Å². The molecule has 2 heteroatoms. The molecule has 0 amide bonds. The largest absolute Gasteiger partial charge is 0.367 e. The highest BCUT2D eigenvalue weighted by Crippen LogP contribution is 2.40. The average molecular weight is 230 g/mol. The Morgan fingerprint density at radius 1 is 1.18 bits per heavy atom. The van der Waals surface area contributed by atoms with Crippen LogP contribution in [0.1, 0.15) is 31.2 Å². The van der Waals surface area contributed by atoms with Gasteiger partial charge >= 0.3 is 0 Å². The van der Waals surface area contributed by atoms with E-state index in [1.54, 1.807) is 0 Å². The first-order valence-electron chi connectivity index (χ1n) is 6.95. The fourth-order valence-corrected chi connectivity index (χ4v) is 3.69. The zero-order chi connectivity index (χ0) is 11.7. The first-order chi connectivity index (χ1) is 8.40. The molecule has 2 N–H and O–H groups in total. The molecule has 92 valence electrons. The lowest BCUT2D eigenvalue weighted by molar-refractivity contribution is 0.280. The van der Waals surface area contributed by atoms with Crippen LogP contribution in [0, 0.1) is 5.92 Å². The number of nitrogens with zero attached hydrogens (tertiary/aromatic N) is 1. The summed E-state index contributed by atoms with van der Waals surface area (Å²) in [6.45, 7) is 1.77. The van der Waals surface area contributed by atoms with Crippen LogP contribution in [-0.2, 0) is 6.42 Å². The highest BCUT2D eigenvalue weighted by Gasteiger charge is 2.34. The summed E-state index contributed by atoms with van der Waals surface area (Å²) in [5.74, 6) is 0.866. The van der Waals surface area contributed by atoms with Crippen molar-refractivity contribution in [1.29, 1.82) is 0 Å². The number of hydrogen-bond donors (Lipinski definition) is 1. The van der Waals surface area contributed by atoms with E-state index in [4.69, 9.17) is 5.73 Å². The van der Waals surface area contributed by atoms with Crippen LogP contribution >= 0.6 is 0 Å². The number of rotatable bonds is 2. The Morgan fingerprint density at radius 3 is 2.88 bits per heavy atom. The van der Waals surface area contributed by atoms with Gasteiger partial charge in [0.2, 0.25) is 0 Å². The minimum absolute atomic E-state index is 0.752. The number of hydrogen-bond acceptors (Lipinski definition) is 2. The van der Waals surface area contributed by atoms with E-state index in [0.717, 1.165) is 25.0 Å². The Kier molecular flexibility index (Phi) is 3.06. The molecule has 2 nitrogen and oxygen atoms in total. The van der Waals surface area contributed by atoms with Crippen LogP contribution in [-0.4, -0.2) is 19.1 Å². The van der Waals surface area contributed by atoms with E-state index >= 15 is 0 Å². The molecule has 1 fully saturated rings. The zero-order valence-corrected chi connectivity index (χ0v) is 10.4. The summed E-state index contributed by atoms with van der Waals surface area (Å²) in [4.78, 5) is 2.59. The Labute approximate surface area is 104 Å². The fraction of sp³-hybridized carbons (Fsp3) is 0.600. The number of benzene rings is 1. The third kappa shape index (κ3) is 1.95. The van der Waals surface area contributed by atoms with Gasteiger partial charge in [0.25, 0.3) is 0 Å². The molecule has 1 aliphatic heterocycles. The Balaban J connectivity index is 1.96. The first kappa shape index (κ1) is 11.1. The van der Waals surface area contributed by atoms with E-state index in [9.17, 15) is 0 Å². The van der Waals surface area contributed by atoms with Crippen LogP contribution < -0.4 is 10.6 Å². The normalized spacial score (nSPS) is 27.5. The van der Waals surface area contributed by atoms with Crippen LogP contribution in [0.25, 0.3) is 0 Å². The summed E-state index contributed by atoms with van der Waals surface area (Å²) >= 11 is 0. The minimum Gasteiger partial charge on any atom is -0.367 e. The minimum atomic E-state index is 0.752. The lowest BCUT2D eigenvalue weighted by Crippen LogP contribution is -2.48. The fourth-order valence-electron chi connectivity index (χ4n) is 3.69. The molecule has 2 aliphatic rings. The van der Waals surface area contributed by atoms with E-state index in [1.807, 2.05) is 0 Å². The van der Waals surface area contributed by atoms with Crippen LogP contribution in [0.15, 0.2) is 24.3 Å². The molecular weight excluding hydrogens is 208 g/mol. The molecule has 0 bridgehead atoms. The van der Waals surface area contributed by atoms with Gasteiger partial charge < -0.3 is 10.6 Å². The number of nitrogens with two attached hydrogens (primary N) is 1. The van der Waals surface area contributed by atoms with Crippen molar-refractivity contribution >= 4 is 5.69 Å². The molecule has 1 aromatic rings. The van der Waals surface area contributed by atoms with Gasteiger partial charge in [0.05, 0.1) is 0 Å². The average Bonchev–Trinajstić information content (AvgIpc) is 2.39. The first-order valence-corrected chi connectivity index (χ1v) is 6.95. The molecule has 2 atom stereocenters. The predicted octanol–water partition coefficient (Wildman–Crippen LogP) is 2.57. The summed E-state index contributed by atoms with van der Waals surface area (Å²) in [5.41, 5.74) is 8.77. The molecule has 1 aromatic carbocycles. The number of fused-ring (bicyclic) bond motifs is 2. The molecule has 17 heavy (non-hydrogen) atoms. The summed E-state index contributed by atoms with van der Waals surface area (Å²) in [6, 6.07) is 9.65. The van der Waals surface area contributed by atoms with Crippen LogP contribution in [0.5, 0.6) is 0 Å². The van der Waals surface area contributed by atoms with Crippen molar-refractivity contribution in [2.75, 3.05) is 18.0 Å². The Bertz CT molecular complexity index is 388. The molecule has 0 spiro atoms. The molecule has 1 saturated carbocycles. The molecular formula is C15H22N2. The lowest BCUT2D eigenvalue weighted by atomic mass is 9.76. The van der Waals surface area contributed by atoms with Gasteiger partial charge in [-0.3, -0.25) is 0 Å². The van der Waals surface area contributed by atoms with Gasteiger partial charge in [-0.25, -0.2) is 0 Å². The van der Waals surface area contributed by atoms with Gasteiger partial charge in [-0.15, -0.1) is 0 Å². The lowest BCUT2D eigenvalue weighted by Gasteiger charge is -2.46. The molecule has 1 heterocycles. The van der Waals surface area contributed by atoms with Gasteiger partial charge in [0, 0.05) is 24.8 Å². The highest BCUT2D eigenvalue weighted by molar-refractivity contribution is 5.57. The maximum atomic E-state index is 5.80. The van der Waals surface area contributed by atoms with Crippen molar-refractivity contribution in [2.24, 2.45) is 11.7 Å². The van der Waals surface area contributed by atoms with Gasteiger partial charge in [0.15, 0.2) is 0 Å². The molecule has 0 radical (unpaired) electrons. The van der Waals surface area contributed by atoms with Crippen LogP contribution in [0.3, 0.4) is 0 Å². The van der Waals surface area contributed by atoms with Crippen LogP contribution in [0.4, 0.5) is 5.69 Å². The second-order valence-electron chi connectivity index (χ2n) is 5.43. The predicted molar refractivity (Wildman–Crippen MR) is 72.3 cm³/mol. The van der Waals surface area contributed by atoms with Crippen molar-refractivity contribution in [3.8, 4) is 0 Å². The van der Waals surface area contributed by atoms with Crippen LogP contribution in [0.2, 0.25) is 0 Å². The van der Waals surface area contributed by atoms with Crippen molar-refractivity contribution in [3.63, 3.8) is 0 Å². The third-order valence-corrected chi connectivity index (χ3v) is 4.42. The number of para-hydroxylation sites is 1. The Morgan fingerprint density at radius 2 is 2.00 bits per heavy atom. The summed E-state index contributed by atoms with van der Waals surface area (Å²) < 4.78 is 0. The van der Waals surface area contributed by atoms with Gasteiger partial charge in [-0.2, -0.15) is 0 Å². The van der Waals surface area contributed by atoms with E-state index in [-0.39, 0.29) is 0 Å². The Hall–Kier alpha value is -1.02. The van der Waals surface area contributed by atoms with E-state index in [0.29, 0.717) is 0 Å². The monoisotopic (exact) mass is 230 g/mol. The topological polar surface area (TPSA) is 29.3 Å². The quantitative estimate of drug-likeness (QED) is 0.846. The van der Waals surface area contributed by atoms with Gasteiger partial charge in [-0.1, -0.05) is 31.0 Å². The maximum absolute atomic E-state index is 5.80. The highest BCUT2D eigenvalue weighted by atomic mass is 15.2. The summed E-state index contributed by atoms with van der Waals surface area (Å²) in [6.07, 6.45) is 6.85. The van der Waals surface area contributed by atoms with Crippen molar-refractivity contribution < 1.29 is 0 Å². The van der Waals surface area contributed by atoms with Gasteiger partial charge in [-0.05, 0) is 36.8 Å². The standard InChI is InChI=1S/C15H22N2/c16-9-10-17-14-7-3-1-5-12(14)11-13-6-2-4-8-15(13)17/h1,3,5,7,13,15H,2,4,6,8-11,16H2/t13-,15+/m0/s1. The van der Waals surface area contributed by atoms with Crippen molar-refractivity contribution in [1.82, 2.24) is 0 Å². The van der Waals surface area contributed by atoms with E-state index < -0.39 is 0 Å². The molecule has 3 rings (SSSR count). The van der Waals surface area contributed by atoms with Crippen molar-refractivity contribution in [2.45, 2.75) is 38.1 Å². The number of anilines is 1. The SMILES string of the molecule is NCCN1c2ccccc2C[C@@H]2CCCC[C@H]21. The molecule has 0 aromatic heterocycles. The van der Waals surface area contributed by atoms with E-state index in [2.05, 4.69) is 29.2 Å². The molecule has 0 saturated heterocycles. The second kappa shape index (κ2) is 4.69. The summed E-state index contributed by atoms with van der Waals surface area (Å²) in [7, 11) is 0. The molecule has 1 aliphatic carbocycles. The van der Waals surface area contributed by atoms with Gasteiger partial charge in [0.1, 0.15) is 0 Å². The third-order valence-electron chi connectivity index (χ3n) is 4.42. The maximum Gasteiger partial charge on any atom is 0.0401 e. The van der Waals surface area contributed by atoms with Crippen molar-refractivity contribution in [3.05, 3.63) is 29.8 Å². The molecule has 0 unspecified atom stereocenters. The smallest absolute Gasteiger partial charge is 0.0401 e. The zero-order valence-electron chi connectivity index (χ0n) is 10.4.